The molecule has 0 radical (unpaired) electrons. The lowest BCUT2D eigenvalue weighted by Gasteiger charge is -2.27. The summed E-state index contributed by atoms with van der Waals surface area (Å²) >= 11 is 1.29. The van der Waals surface area contributed by atoms with Gasteiger partial charge < -0.3 is 14.5 Å². The molecular formula is C20H21N5O3S. The first-order valence-corrected chi connectivity index (χ1v) is 10.3. The third-order valence-electron chi connectivity index (χ3n) is 6.06. The maximum Gasteiger partial charge on any atom is 0.230 e. The van der Waals surface area contributed by atoms with Crippen LogP contribution in [0, 0.1) is 18.8 Å². The second kappa shape index (κ2) is 6.70. The van der Waals surface area contributed by atoms with Crippen LogP contribution in [0.15, 0.2) is 36.7 Å². The summed E-state index contributed by atoms with van der Waals surface area (Å²) in [6, 6.07) is 3.80. The molecular weight excluding hydrogens is 390 g/mol. The fourth-order valence-electron chi connectivity index (χ4n) is 4.65. The van der Waals surface area contributed by atoms with Crippen LogP contribution in [0.4, 0.5) is 0 Å². The van der Waals surface area contributed by atoms with Crippen molar-refractivity contribution in [2.24, 2.45) is 11.8 Å². The lowest BCUT2D eigenvalue weighted by molar-refractivity contribution is -0.142. The van der Waals surface area contributed by atoms with Gasteiger partial charge >= 0.3 is 0 Å². The number of pyridine rings is 1. The minimum Gasteiger partial charge on any atom is -0.360 e. The minimum absolute atomic E-state index is 0.0249. The molecule has 0 aliphatic carbocycles. The van der Waals surface area contributed by atoms with Gasteiger partial charge in [-0.05, 0) is 30.1 Å². The predicted octanol–water partition coefficient (Wildman–Crippen LogP) is 1.18. The number of hydrogen-bond donors (Lipinski definition) is 0. The van der Waals surface area contributed by atoms with Gasteiger partial charge in [-0.3, -0.25) is 14.6 Å². The first-order chi connectivity index (χ1) is 14.0. The molecule has 0 N–H and O–H groups in total. The number of amides is 2. The van der Waals surface area contributed by atoms with E-state index in [0.717, 1.165) is 16.1 Å². The number of ether oxygens (including phenoxy) is 1. The van der Waals surface area contributed by atoms with Crippen LogP contribution in [0.1, 0.15) is 16.1 Å². The first kappa shape index (κ1) is 18.4. The fourth-order valence-corrected chi connectivity index (χ4v) is 5.34. The Kier molecular flexibility index (Phi) is 4.25. The van der Waals surface area contributed by atoms with Gasteiger partial charge in [0.15, 0.2) is 0 Å². The summed E-state index contributed by atoms with van der Waals surface area (Å²) in [6.45, 7) is 3.24. The monoisotopic (exact) mass is 411 g/mol. The topological polar surface area (TPSA) is 88.5 Å². The largest absolute Gasteiger partial charge is 0.360 e. The van der Waals surface area contributed by atoms with Gasteiger partial charge in [0, 0.05) is 26.0 Å². The SMILES string of the molecule is Cc1nnsc1CN(C)C(=O)[C@H]1[C@@H]2C=C[C@@]3(CN(Cc4cccnc4)C(=O)[C@@H]13)O2. The molecule has 2 aromatic rings. The Morgan fingerprint density at radius 1 is 1.48 bits per heavy atom. The van der Waals surface area contributed by atoms with Gasteiger partial charge in [0.2, 0.25) is 11.8 Å². The number of rotatable bonds is 5. The Morgan fingerprint density at radius 2 is 2.34 bits per heavy atom. The molecule has 2 aromatic heterocycles. The number of carbonyl (C=O) groups is 2. The van der Waals surface area contributed by atoms with E-state index >= 15 is 0 Å². The molecule has 2 saturated heterocycles. The number of aromatic nitrogens is 3. The van der Waals surface area contributed by atoms with Gasteiger partial charge in [0.05, 0.1) is 41.6 Å². The number of likely N-dealkylation sites (tertiary alicyclic amines) is 1. The highest BCUT2D eigenvalue weighted by atomic mass is 32.1. The Bertz CT molecular complexity index is 993. The molecule has 29 heavy (non-hydrogen) atoms. The number of fused-ring (bicyclic) bond motifs is 1. The second-order valence-corrected chi connectivity index (χ2v) is 8.77. The molecule has 2 bridgehead atoms. The molecule has 0 unspecified atom stereocenters. The molecule has 3 aliphatic heterocycles. The third-order valence-corrected chi connectivity index (χ3v) is 6.87. The summed E-state index contributed by atoms with van der Waals surface area (Å²) < 4.78 is 10.1. The highest BCUT2D eigenvalue weighted by Gasteiger charge is 2.67. The van der Waals surface area contributed by atoms with Gasteiger partial charge in [-0.15, -0.1) is 5.10 Å². The standard InChI is InChI=1S/C20H21N5O3S/c1-12-15(29-23-22-12)10-24(2)18(26)16-14-5-6-20(28-14)11-25(19(27)17(16)20)9-13-4-3-7-21-8-13/h3-8,14,16-17H,9-11H2,1-2H3/t14-,16-,17+,20-/m0/s1. The van der Waals surface area contributed by atoms with Crippen molar-refractivity contribution in [3.05, 3.63) is 52.8 Å². The van der Waals surface area contributed by atoms with Crippen molar-refractivity contribution in [1.82, 2.24) is 24.4 Å². The van der Waals surface area contributed by atoms with E-state index in [2.05, 4.69) is 14.6 Å². The summed E-state index contributed by atoms with van der Waals surface area (Å²) in [5, 5.41) is 4.01. The van der Waals surface area contributed by atoms with Crippen molar-refractivity contribution in [3.8, 4) is 0 Å². The molecule has 0 aromatic carbocycles. The van der Waals surface area contributed by atoms with Crippen LogP contribution in [0.2, 0.25) is 0 Å². The Balaban J connectivity index is 1.37. The van der Waals surface area contributed by atoms with Gasteiger partial charge in [-0.2, -0.15) is 0 Å². The normalized spacial score (nSPS) is 29.5. The fraction of sp³-hybridized carbons (Fsp3) is 0.450. The zero-order chi connectivity index (χ0) is 20.2. The molecule has 3 aliphatic rings. The van der Waals surface area contributed by atoms with Gasteiger partial charge in [0.25, 0.3) is 0 Å². The first-order valence-electron chi connectivity index (χ1n) is 9.56. The molecule has 9 heteroatoms. The van der Waals surface area contributed by atoms with Crippen LogP contribution in [-0.2, 0) is 27.4 Å². The number of nitrogens with zero attached hydrogens (tertiary/aromatic N) is 5. The maximum atomic E-state index is 13.3. The van der Waals surface area contributed by atoms with Crippen molar-refractivity contribution in [3.63, 3.8) is 0 Å². The van der Waals surface area contributed by atoms with Crippen molar-refractivity contribution >= 4 is 23.3 Å². The van der Waals surface area contributed by atoms with Crippen LogP contribution in [0.25, 0.3) is 0 Å². The number of hydrogen-bond acceptors (Lipinski definition) is 7. The predicted molar refractivity (Wildman–Crippen MR) is 104 cm³/mol. The van der Waals surface area contributed by atoms with E-state index in [0.29, 0.717) is 19.6 Å². The second-order valence-electron chi connectivity index (χ2n) is 7.93. The van der Waals surface area contributed by atoms with Crippen molar-refractivity contribution in [1.29, 1.82) is 0 Å². The Morgan fingerprint density at radius 3 is 3.07 bits per heavy atom. The average Bonchev–Trinajstić information content (AvgIpc) is 3.45. The summed E-state index contributed by atoms with van der Waals surface area (Å²) in [4.78, 5) is 35.1. The zero-order valence-corrected chi connectivity index (χ0v) is 17.0. The van der Waals surface area contributed by atoms with Crippen LogP contribution < -0.4 is 0 Å². The van der Waals surface area contributed by atoms with E-state index in [-0.39, 0.29) is 17.9 Å². The molecule has 2 amide bonds. The van der Waals surface area contributed by atoms with Gasteiger partial charge in [-0.25, -0.2) is 0 Å². The summed E-state index contributed by atoms with van der Waals surface area (Å²) in [6.07, 6.45) is 7.04. The van der Waals surface area contributed by atoms with Crippen LogP contribution in [0.3, 0.4) is 0 Å². The maximum absolute atomic E-state index is 13.3. The average molecular weight is 411 g/mol. The Hall–Kier alpha value is -2.65. The lowest BCUT2D eigenvalue weighted by atomic mass is 9.76. The van der Waals surface area contributed by atoms with Crippen LogP contribution >= 0.6 is 11.5 Å². The van der Waals surface area contributed by atoms with Crippen molar-refractivity contribution in [2.45, 2.75) is 31.7 Å². The van der Waals surface area contributed by atoms with Crippen molar-refractivity contribution < 1.29 is 14.3 Å². The van der Waals surface area contributed by atoms with Crippen LogP contribution in [0.5, 0.6) is 0 Å². The quantitative estimate of drug-likeness (QED) is 0.687. The summed E-state index contributed by atoms with van der Waals surface area (Å²) in [5.41, 5.74) is 1.09. The van der Waals surface area contributed by atoms with E-state index in [9.17, 15) is 9.59 Å². The highest BCUT2D eigenvalue weighted by molar-refractivity contribution is 7.05. The molecule has 5 heterocycles. The lowest BCUT2D eigenvalue weighted by Crippen LogP contribution is -2.44. The van der Waals surface area contributed by atoms with E-state index in [4.69, 9.17) is 4.74 Å². The zero-order valence-electron chi connectivity index (χ0n) is 16.2. The molecule has 150 valence electrons. The molecule has 2 fully saturated rings. The molecule has 5 rings (SSSR count). The Labute approximate surface area is 172 Å². The summed E-state index contributed by atoms with van der Waals surface area (Å²) in [5.74, 6) is -1.08. The molecule has 4 atom stereocenters. The van der Waals surface area contributed by atoms with E-state index in [1.54, 1.807) is 29.2 Å². The summed E-state index contributed by atoms with van der Waals surface area (Å²) in [7, 11) is 1.76. The molecule has 8 nitrogen and oxygen atoms in total. The highest BCUT2D eigenvalue weighted by Crippen LogP contribution is 2.52. The number of aryl methyl sites for hydroxylation is 1. The molecule has 1 spiro atoms. The smallest absolute Gasteiger partial charge is 0.230 e. The van der Waals surface area contributed by atoms with Gasteiger partial charge in [0.1, 0.15) is 5.60 Å². The van der Waals surface area contributed by atoms with E-state index in [1.165, 1.54) is 11.5 Å². The van der Waals surface area contributed by atoms with E-state index < -0.39 is 17.4 Å². The van der Waals surface area contributed by atoms with Gasteiger partial charge in [-0.1, -0.05) is 22.7 Å². The van der Waals surface area contributed by atoms with Crippen LogP contribution in [-0.4, -0.2) is 61.5 Å². The van der Waals surface area contributed by atoms with E-state index in [1.807, 2.05) is 31.2 Å². The minimum atomic E-state index is -0.701. The number of carbonyl (C=O) groups excluding carboxylic acids is 2. The third kappa shape index (κ3) is 2.87. The molecule has 0 saturated carbocycles. The van der Waals surface area contributed by atoms with Crippen molar-refractivity contribution in [2.75, 3.05) is 13.6 Å².